The summed E-state index contributed by atoms with van der Waals surface area (Å²) in [5, 5.41) is 6.36. The fourth-order valence-electron chi connectivity index (χ4n) is 3.35. The molecule has 128 valence electrons. The topological polar surface area (TPSA) is 61.4 Å². The van der Waals surface area contributed by atoms with Gasteiger partial charge in [0, 0.05) is 25.0 Å². The van der Waals surface area contributed by atoms with Crippen LogP contribution < -0.4 is 10.6 Å². The smallest absolute Gasteiger partial charge is 0.237 e. The quantitative estimate of drug-likeness (QED) is 0.806. The van der Waals surface area contributed by atoms with Crippen LogP contribution in [0.25, 0.3) is 0 Å². The summed E-state index contributed by atoms with van der Waals surface area (Å²) in [5.74, 6) is 0.596. The zero-order valence-corrected chi connectivity index (χ0v) is 14.6. The zero-order valence-electron chi connectivity index (χ0n) is 13.8. The molecule has 0 bridgehead atoms. The second-order valence-corrected chi connectivity index (χ2v) is 6.27. The van der Waals surface area contributed by atoms with Crippen molar-refractivity contribution in [3.8, 4) is 0 Å². The summed E-state index contributed by atoms with van der Waals surface area (Å²) < 4.78 is 0. The summed E-state index contributed by atoms with van der Waals surface area (Å²) in [6.07, 6.45) is 5.62. The molecule has 2 aliphatic rings. The molecular weight excluding hydrogens is 302 g/mol. The maximum Gasteiger partial charge on any atom is 0.237 e. The van der Waals surface area contributed by atoms with E-state index in [1.807, 2.05) is 4.90 Å². The number of hydrogen-bond acceptors (Lipinski definition) is 3. The molecule has 5 nitrogen and oxygen atoms in total. The molecule has 2 aliphatic heterocycles. The number of hydrogen-bond donors (Lipinski definition) is 2. The standard InChI is InChI=1S/C16H29N3O2.ClH/c1-3-12(4-2)16(21)19-10-7-13(8-11-19)18-15(20)14-6-5-9-17-14;/h12-14,17H,3-11H2,1-2H3,(H,18,20);1H. The van der Waals surface area contributed by atoms with Crippen LogP contribution in [0.3, 0.4) is 0 Å². The van der Waals surface area contributed by atoms with E-state index in [1.54, 1.807) is 0 Å². The Hall–Kier alpha value is -0.810. The van der Waals surface area contributed by atoms with E-state index in [1.165, 1.54) is 0 Å². The summed E-state index contributed by atoms with van der Waals surface area (Å²) in [6.45, 7) is 6.65. The van der Waals surface area contributed by atoms with E-state index in [0.717, 1.165) is 58.2 Å². The van der Waals surface area contributed by atoms with Crippen molar-refractivity contribution < 1.29 is 9.59 Å². The van der Waals surface area contributed by atoms with Crippen molar-refractivity contribution >= 4 is 24.2 Å². The number of carbonyl (C=O) groups is 2. The Morgan fingerprint density at radius 2 is 1.82 bits per heavy atom. The first kappa shape index (κ1) is 19.2. The fourth-order valence-corrected chi connectivity index (χ4v) is 3.35. The lowest BCUT2D eigenvalue weighted by Gasteiger charge is -2.34. The third-order valence-corrected chi connectivity index (χ3v) is 4.86. The van der Waals surface area contributed by atoms with Crippen molar-refractivity contribution in [1.29, 1.82) is 0 Å². The van der Waals surface area contributed by atoms with E-state index in [0.29, 0.717) is 5.91 Å². The average molecular weight is 332 g/mol. The molecule has 0 spiro atoms. The molecule has 2 rings (SSSR count). The molecule has 22 heavy (non-hydrogen) atoms. The molecule has 0 aromatic heterocycles. The molecule has 0 aromatic rings. The molecule has 0 radical (unpaired) electrons. The summed E-state index contributed by atoms with van der Waals surface area (Å²) in [4.78, 5) is 26.4. The van der Waals surface area contributed by atoms with Gasteiger partial charge < -0.3 is 15.5 Å². The highest BCUT2D eigenvalue weighted by molar-refractivity contribution is 5.85. The van der Waals surface area contributed by atoms with Gasteiger partial charge in [0.1, 0.15) is 0 Å². The van der Waals surface area contributed by atoms with Crippen molar-refractivity contribution in [2.45, 2.75) is 64.5 Å². The molecule has 0 aliphatic carbocycles. The molecule has 0 aromatic carbocycles. The van der Waals surface area contributed by atoms with Crippen molar-refractivity contribution in [3.05, 3.63) is 0 Å². The SMILES string of the molecule is CCC(CC)C(=O)N1CCC(NC(=O)C2CCCN2)CC1.Cl. The second-order valence-electron chi connectivity index (χ2n) is 6.27. The van der Waals surface area contributed by atoms with E-state index < -0.39 is 0 Å². The maximum atomic E-state index is 12.3. The van der Waals surface area contributed by atoms with Crippen LogP contribution in [0.5, 0.6) is 0 Å². The van der Waals surface area contributed by atoms with Crippen LogP contribution in [0, 0.1) is 5.92 Å². The van der Waals surface area contributed by atoms with Gasteiger partial charge in [-0.2, -0.15) is 0 Å². The van der Waals surface area contributed by atoms with E-state index >= 15 is 0 Å². The Labute approximate surface area is 140 Å². The highest BCUT2D eigenvalue weighted by atomic mass is 35.5. The maximum absolute atomic E-state index is 12.3. The first-order valence-electron chi connectivity index (χ1n) is 8.48. The minimum Gasteiger partial charge on any atom is -0.352 e. The van der Waals surface area contributed by atoms with Gasteiger partial charge in [-0.3, -0.25) is 9.59 Å². The van der Waals surface area contributed by atoms with Gasteiger partial charge in [0.25, 0.3) is 0 Å². The predicted molar refractivity (Wildman–Crippen MR) is 90.1 cm³/mol. The molecule has 6 heteroatoms. The van der Waals surface area contributed by atoms with Crippen molar-refractivity contribution in [2.24, 2.45) is 5.92 Å². The van der Waals surface area contributed by atoms with E-state index in [-0.39, 0.29) is 36.3 Å². The largest absolute Gasteiger partial charge is 0.352 e. The number of nitrogens with zero attached hydrogens (tertiary/aromatic N) is 1. The normalized spacial score (nSPS) is 22.5. The molecule has 2 fully saturated rings. The Morgan fingerprint density at radius 1 is 1.18 bits per heavy atom. The number of likely N-dealkylation sites (tertiary alicyclic amines) is 1. The van der Waals surface area contributed by atoms with Crippen molar-refractivity contribution in [3.63, 3.8) is 0 Å². The number of nitrogens with one attached hydrogen (secondary N) is 2. The Kier molecular flexibility index (Phi) is 8.18. The van der Waals surface area contributed by atoms with Crippen LogP contribution >= 0.6 is 12.4 Å². The summed E-state index contributed by atoms with van der Waals surface area (Å²) >= 11 is 0. The molecule has 0 saturated carbocycles. The van der Waals surface area contributed by atoms with Crippen LogP contribution in [-0.4, -0.2) is 48.4 Å². The molecule has 2 heterocycles. The molecule has 1 atom stereocenters. The van der Waals surface area contributed by atoms with Crippen LogP contribution in [0.4, 0.5) is 0 Å². The first-order chi connectivity index (χ1) is 10.2. The number of halogens is 1. The summed E-state index contributed by atoms with van der Waals surface area (Å²) in [5.41, 5.74) is 0. The average Bonchev–Trinajstić information content (AvgIpc) is 3.03. The summed E-state index contributed by atoms with van der Waals surface area (Å²) in [6, 6.07) is 0.222. The minimum atomic E-state index is -0.00535. The highest BCUT2D eigenvalue weighted by Gasteiger charge is 2.29. The zero-order chi connectivity index (χ0) is 15.2. The van der Waals surface area contributed by atoms with Crippen molar-refractivity contribution in [1.82, 2.24) is 15.5 Å². The van der Waals surface area contributed by atoms with Gasteiger partial charge in [0.15, 0.2) is 0 Å². The highest BCUT2D eigenvalue weighted by Crippen LogP contribution is 2.17. The molecular formula is C16H30ClN3O2. The van der Waals surface area contributed by atoms with E-state index in [2.05, 4.69) is 24.5 Å². The van der Waals surface area contributed by atoms with Gasteiger partial charge in [-0.1, -0.05) is 13.8 Å². The third-order valence-electron chi connectivity index (χ3n) is 4.86. The predicted octanol–water partition coefficient (Wildman–Crippen LogP) is 1.70. The fraction of sp³-hybridized carbons (Fsp3) is 0.875. The van der Waals surface area contributed by atoms with Crippen LogP contribution in [0.2, 0.25) is 0 Å². The number of rotatable bonds is 5. The minimum absolute atomic E-state index is 0. The lowest BCUT2D eigenvalue weighted by Crippen LogP contribution is -2.51. The summed E-state index contributed by atoms with van der Waals surface area (Å²) in [7, 11) is 0. The van der Waals surface area contributed by atoms with Gasteiger partial charge in [-0.25, -0.2) is 0 Å². The van der Waals surface area contributed by atoms with Crippen LogP contribution in [0.1, 0.15) is 52.4 Å². The molecule has 2 saturated heterocycles. The van der Waals surface area contributed by atoms with Gasteiger partial charge in [-0.15, -0.1) is 12.4 Å². The van der Waals surface area contributed by atoms with E-state index in [4.69, 9.17) is 0 Å². The third kappa shape index (κ3) is 4.85. The van der Waals surface area contributed by atoms with Gasteiger partial charge >= 0.3 is 0 Å². The molecule has 2 amide bonds. The number of amides is 2. The Morgan fingerprint density at radius 3 is 2.32 bits per heavy atom. The Balaban J connectivity index is 0.00000242. The Bertz CT molecular complexity index is 360. The molecule has 1 unspecified atom stereocenters. The lowest BCUT2D eigenvalue weighted by molar-refractivity contribution is -0.137. The first-order valence-corrected chi connectivity index (χ1v) is 8.48. The number of piperidine rings is 1. The molecule has 2 N–H and O–H groups in total. The monoisotopic (exact) mass is 331 g/mol. The number of carbonyl (C=O) groups excluding carboxylic acids is 2. The van der Waals surface area contributed by atoms with Gasteiger partial charge in [0.05, 0.1) is 6.04 Å². The van der Waals surface area contributed by atoms with Crippen molar-refractivity contribution in [2.75, 3.05) is 19.6 Å². The van der Waals surface area contributed by atoms with Crippen LogP contribution in [0.15, 0.2) is 0 Å². The second kappa shape index (κ2) is 9.36. The van der Waals surface area contributed by atoms with Gasteiger partial charge in [-0.05, 0) is 45.1 Å². The van der Waals surface area contributed by atoms with Crippen LogP contribution in [-0.2, 0) is 9.59 Å². The lowest BCUT2D eigenvalue weighted by atomic mass is 9.98. The van der Waals surface area contributed by atoms with E-state index in [9.17, 15) is 9.59 Å². The van der Waals surface area contributed by atoms with Gasteiger partial charge in [0.2, 0.25) is 11.8 Å².